The molecule has 1 aromatic heterocycles. The quantitative estimate of drug-likeness (QED) is 0.563. The molecule has 0 saturated carbocycles. The lowest BCUT2D eigenvalue weighted by atomic mass is 10.3. The Kier molecular flexibility index (Phi) is 3.47. The monoisotopic (exact) mass is 405 g/mol. The van der Waals surface area contributed by atoms with Gasteiger partial charge in [-0.2, -0.15) is 4.98 Å². The number of hydrogen-bond donors (Lipinski definition) is 1. The highest BCUT2D eigenvalue weighted by atomic mass is 35.5. The lowest BCUT2D eigenvalue weighted by Gasteiger charge is -2.40. The molecule has 0 amide bonds. The van der Waals surface area contributed by atoms with Crippen LogP contribution >= 0.6 is 21.8 Å². The highest BCUT2D eigenvalue weighted by Gasteiger charge is 2.65. The van der Waals surface area contributed by atoms with Crippen LogP contribution in [-0.4, -0.2) is 19.9 Å². The normalized spacial score (nSPS) is 20.2. The maximum Gasteiger partial charge on any atom is 0.310 e. The van der Waals surface area contributed by atoms with Crippen LogP contribution in [0, 0.1) is 0 Å². The summed E-state index contributed by atoms with van der Waals surface area (Å²) in [7, 11) is -11.2. The van der Waals surface area contributed by atoms with E-state index in [-0.39, 0.29) is 33.5 Å². The summed E-state index contributed by atoms with van der Waals surface area (Å²) in [4.78, 5) is 5.91. The molecule has 0 aliphatic carbocycles. The van der Waals surface area contributed by atoms with Gasteiger partial charge in [0.2, 0.25) is 5.28 Å². The van der Waals surface area contributed by atoms with Crippen molar-refractivity contribution in [2.24, 2.45) is 0 Å². The van der Waals surface area contributed by atoms with Crippen LogP contribution in [0.1, 0.15) is 5.69 Å². The number of aryl methyl sites for hydroxylation is 1. The van der Waals surface area contributed by atoms with E-state index in [2.05, 4.69) is 15.3 Å². The van der Waals surface area contributed by atoms with Crippen molar-refractivity contribution in [2.75, 3.05) is 11.1 Å². The largest absolute Gasteiger partial charge is 0.339 e. The van der Waals surface area contributed by atoms with Crippen LogP contribution in [0.3, 0.4) is 0 Å². The van der Waals surface area contributed by atoms with Crippen molar-refractivity contribution < 1.29 is 23.6 Å². The molecule has 12 heteroatoms. The van der Waals surface area contributed by atoms with E-state index in [0.717, 1.165) is 12.1 Å². The van der Waals surface area contributed by atoms with E-state index in [1.54, 1.807) is 0 Å². The van der Waals surface area contributed by atoms with Gasteiger partial charge in [-0.25, -0.2) is 4.98 Å². The molecule has 132 valence electrons. The van der Waals surface area contributed by atoms with Gasteiger partial charge < -0.3 is 5.32 Å². The number of nitrogens with zero attached hydrogens (tertiary/aromatic N) is 2. The molecule has 1 N–H and O–H groups in total. The maximum absolute atomic E-state index is 12.9. The van der Waals surface area contributed by atoms with E-state index in [4.69, 9.17) is 11.6 Å². The highest BCUT2D eigenvalue weighted by molar-refractivity contribution is 8.45. The summed E-state index contributed by atoms with van der Waals surface area (Å²) < 4.78 is 76.4. The second-order valence-corrected chi connectivity index (χ2v) is 9.29. The predicted molar refractivity (Wildman–Crippen MR) is 83.1 cm³/mol. The van der Waals surface area contributed by atoms with E-state index < -0.39 is 25.9 Å². The molecule has 0 bridgehead atoms. The number of hydrogen-bond acceptors (Lipinski definition) is 4. The molecule has 1 atom stereocenters. The lowest BCUT2D eigenvalue weighted by molar-refractivity contribution is 0.364. The number of anilines is 2. The van der Waals surface area contributed by atoms with Crippen LogP contribution in [0.2, 0.25) is 5.28 Å². The first-order valence-corrected chi connectivity index (χ1v) is 10.0. The average Bonchev–Trinajstić information content (AvgIpc) is 2.78. The summed E-state index contributed by atoms with van der Waals surface area (Å²) in [5.41, 5.74) is 0.140. The zero-order chi connectivity index (χ0) is 17.8. The summed E-state index contributed by atoms with van der Waals surface area (Å²) in [5, 5.41) is 2.30. The van der Waals surface area contributed by atoms with Gasteiger partial charge >= 0.3 is 10.2 Å². The Morgan fingerprint density at radius 1 is 1.17 bits per heavy atom. The first kappa shape index (κ1) is 17.4. The van der Waals surface area contributed by atoms with Crippen molar-refractivity contribution in [1.82, 2.24) is 9.97 Å². The number of rotatable bonds is 3. The summed E-state index contributed by atoms with van der Waals surface area (Å²) >= 11 is 5.74. The number of benzene rings is 1. The highest BCUT2D eigenvalue weighted by Crippen LogP contribution is 3.02. The fourth-order valence-corrected chi connectivity index (χ4v) is 4.38. The molecule has 0 saturated heterocycles. The number of halogens is 6. The van der Waals surface area contributed by atoms with E-state index in [9.17, 15) is 23.6 Å². The smallest absolute Gasteiger partial charge is 0.310 e. The fraction of sp³-hybridized carbons (Fsp3) is 0.167. The van der Waals surface area contributed by atoms with Gasteiger partial charge in [0.05, 0.1) is 16.5 Å². The van der Waals surface area contributed by atoms with E-state index in [1.807, 2.05) is 0 Å². The minimum atomic E-state index is -9.80. The van der Waals surface area contributed by atoms with Gasteiger partial charge in [0.15, 0.2) is 5.82 Å². The van der Waals surface area contributed by atoms with Crippen LogP contribution in [-0.2, 0) is 17.2 Å². The van der Waals surface area contributed by atoms with Crippen LogP contribution in [0.4, 0.5) is 30.9 Å². The van der Waals surface area contributed by atoms with E-state index in [0.29, 0.717) is 18.2 Å². The standard InChI is InChI=1S/C12H9ClF5N3OS2/c13-12-20-9-4-5-23(22)10(9)11(21-12)19-7-2-1-3-8(6-7)24(14,15,16,17)18/h1-3,6H,4-5H2,(H,19,20,21). The molecule has 2 heterocycles. The molecule has 1 aromatic carbocycles. The van der Waals surface area contributed by atoms with Crippen molar-refractivity contribution in [2.45, 2.75) is 16.2 Å². The second kappa shape index (κ2) is 4.79. The minimum Gasteiger partial charge on any atom is -0.339 e. The van der Waals surface area contributed by atoms with Crippen LogP contribution in [0.5, 0.6) is 0 Å². The Morgan fingerprint density at radius 2 is 1.88 bits per heavy atom. The number of nitrogens with one attached hydrogen (secondary N) is 1. The van der Waals surface area contributed by atoms with Gasteiger partial charge in [0, 0.05) is 17.9 Å². The fourth-order valence-electron chi connectivity index (χ4n) is 2.20. The molecule has 3 rings (SSSR count). The Morgan fingerprint density at radius 3 is 2.54 bits per heavy atom. The molecule has 1 aliphatic rings. The second-order valence-electron chi connectivity index (χ2n) is 5.04. The topological polar surface area (TPSA) is 54.9 Å². The van der Waals surface area contributed by atoms with Gasteiger partial charge in [0.25, 0.3) is 0 Å². The van der Waals surface area contributed by atoms with Crippen molar-refractivity contribution in [3.05, 3.63) is 35.2 Å². The molecule has 24 heavy (non-hydrogen) atoms. The Bertz CT molecular complexity index is 875. The van der Waals surface area contributed by atoms with Crippen molar-refractivity contribution in [1.29, 1.82) is 0 Å². The summed E-state index contributed by atoms with van der Waals surface area (Å²) in [6.45, 7) is 0. The average molecular weight is 406 g/mol. The molecule has 1 aliphatic heterocycles. The first-order chi connectivity index (χ1) is 10.8. The summed E-state index contributed by atoms with van der Waals surface area (Å²) in [6.07, 6.45) is 0.379. The SMILES string of the molecule is O=S1CCc2nc(Cl)nc(Nc3cccc(S(F)(F)(F)(F)F)c3)c21. The molecule has 4 nitrogen and oxygen atoms in total. The Labute approximate surface area is 140 Å². The maximum atomic E-state index is 12.9. The number of aromatic nitrogens is 2. The molecular formula is C12H9ClF5N3OS2. The van der Waals surface area contributed by atoms with Crippen LogP contribution in [0.25, 0.3) is 0 Å². The molecule has 0 radical (unpaired) electrons. The molecule has 0 fully saturated rings. The third-order valence-corrected chi connectivity index (χ3v) is 5.98. The zero-order valence-corrected chi connectivity index (χ0v) is 14.0. The van der Waals surface area contributed by atoms with Crippen molar-refractivity contribution in [3.8, 4) is 0 Å². The van der Waals surface area contributed by atoms with Crippen LogP contribution in [0.15, 0.2) is 34.1 Å². The van der Waals surface area contributed by atoms with Gasteiger partial charge in [-0.15, -0.1) is 0 Å². The number of fused-ring (bicyclic) bond motifs is 1. The third kappa shape index (κ3) is 3.47. The van der Waals surface area contributed by atoms with Gasteiger partial charge in [-0.1, -0.05) is 25.5 Å². The lowest BCUT2D eigenvalue weighted by Crippen LogP contribution is -2.07. The molecular weight excluding hydrogens is 397 g/mol. The van der Waals surface area contributed by atoms with Crippen molar-refractivity contribution >= 4 is 44.1 Å². The molecule has 1 unspecified atom stereocenters. The zero-order valence-electron chi connectivity index (χ0n) is 11.6. The predicted octanol–water partition coefficient (Wildman–Crippen LogP) is 5.19. The Hall–Kier alpha value is -1.46. The van der Waals surface area contributed by atoms with Gasteiger partial charge in [-0.05, 0) is 29.8 Å². The van der Waals surface area contributed by atoms with E-state index in [1.165, 1.54) is 0 Å². The van der Waals surface area contributed by atoms with Crippen LogP contribution < -0.4 is 5.32 Å². The van der Waals surface area contributed by atoms with Gasteiger partial charge in [-0.3, -0.25) is 4.21 Å². The van der Waals surface area contributed by atoms with Crippen molar-refractivity contribution in [3.63, 3.8) is 0 Å². The minimum absolute atomic E-state index is 0.0554. The molecule has 0 spiro atoms. The Balaban J connectivity index is 2.05. The summed E-state index contributed by atoms with van der Waals surface area (Å²) in [6, 6.07) is 2.58. The van der Waals surface area contributed by atoms with E-state index >= 15 is 0 Å². The third-order valence-electron chi connectivity index (χ3n) is 3.20. The summed E-state index contributed by atoms with van der Waals surface area (Å²) in [5.74, 6) is 0.227. The van der Waals surface area contributed by atoms with Gasteiger partial charge in [0.1, 0.15) is 9.79 Å². The first-order valence-electron chi connectivity index (χ1n) is 6.39. The molecule has 2 aromatic rings.